The fourth-order valence-electron chi connectivity index (χ4n) is 5.59. The van der Waals surface area contributed by atoms with E-state index in [-0.39, 0.29) is 11.7 Å². The van der Waals surface area contributed by atoms with Crippen molar-refractivity contribution in [1.82, 2.24) is 29.7 Å². The SMILES string of the molecule is Cc1cc(-c2n[nH]c3ccc(C(=O)C[C@@H]4CCC[C@](O)(Cn5cnc6cccnc65)C4)cc23)ccn1. The van der Waals surface area contributed by atoms with E-state index in [2.05, 4.69) is 25.1 Å². The number of hydrogen-bond acceptors (Lipinski definition) is 6. The monoisotopic (exact) mass is 480 g/mol. The Labute approximate surface area is 208 Å². The number of nitrogens with zero attached hydrogens (tertiary/aromatic N) is 5. The molecule has 8 nitrogen and oxygen atoms in total. The Kier molecular flexibility index (Phi) is 5.60. The lowest BCUT2D eigenvalue weighted by atomic mass is 9.75. The van der Waals surface area contributed by atoms with Crippen molar-refractivity contribution >= 4 is 27.9 Å². The summed E-state index contributed by atoms with van der Waals surface area (Å²) in [5, 5.41) is 19.9. The van der Waals surface area contributed by atoms with Gasteiger partial charge in [-0.2, -0.15) is 5.10 Å². The maximum atomic E-state index is 13.3. The largest absolute Gasteiger partial charge is 0.388 e. The van der Waals surface area contributed by atoms with Crippen molar-refractivity contribution in [3.63, 3.8) is 0 Å². The molecule has 0 saturated heterocycles. The van der Waals surface area contributed by atoms with Gasteiger partial charge in [0.2, 0.25) is 0 Å². The average molecular weight is 481 g/mol. The van der Waals surface area contributed by atoms with E-state index in [4.69, 9.17) is 0 Å². The number of carbonyl (C=O) groups is 1. The Hall–Kier alpha value is -3.91. The van der Waals surface area contributed by atoms with Gasteiger partial charge in [0.25, 0.3) is 0 Å². The molecule has 0 spiro atoms. The van der Waals surface area contributed by atoms with E-state index in [9.17, 15) is 9.90 Å². The minimum absolute atomic E-state index is 0.0963. The first-order valence-electron chi connectivity index (χ1n) is 12.4. The molecule has 2 atom stereocenters. The molecule has 0 aliphatic heterocycles. The number of rotatable bonds is 6. The van der Waals surface area contributed by atoms with Crippen LogP contribution in [-0.4, -0.2) is 46.2 Å². The molecular formula is C28H28N6O2. The van der Waals surface area contributed by atoms with Crippen LogP contribution in [-0.2, 0) is 6.54 Å². The Morgan fingerprint density at radius 1 is 1.17 bits per heavy atom. The summed E-state index contributed by atoms with van der Waals surface area (Å²) < 4.78 is 1.93. The van der Waals surface area contributed by atoms with Crippen LogP contribution in [0, 0.1) is 12.8 Å². The van der Waals surface area contributed by atoms with E-state index in [0.717, 1.165) is 51.9 Å². The summed E-state index contributed by atoms with van der Waals surface area (Å²) in [5.41, 5.74) is 4.99. The molecule has 6 rings (SSSR count). The molecule has 0 bridgehead atoms. The molecule has 1 fully saturated rings. The smallest absolute Gasteiger partial charge is 0.163 e. The van der Waals surface area contributed by atoms with E-state index in [0.29, 0.717) is 31.4 Å². The van der Waals surface area contributed by atoms with Gasteiger partial charge in [-0.1, -0.05) is 6.42 Å². The lowest BCUT2D eigenvalue weighted by Crippen LogP contribution is -2.39. The highest BCUT2D eigenvalue weighted by Crippen LogP contribution is 2.37. The minimum atomic E-state index is -0.880. The number of fused-ring (bicyclic) bond motifs is 2. The molecule has 1 saturated carbocycles. The van der Waals surface area contributed by atoms with Crippen LogP contribution in [0.15, 0.2) is 61.2 Å². The first-order chi connectivity index (χ1) is 17.5. The number of aromatic nitrogens is 6. The van der Waals surface area contributed by atoms with Crippen molar-refractivity contribution in [1.29, 1.82) is 0 Å². The van der Waals surface area contributed by atoms with Crippen LogP contribution in [0.25, 0.3) is 33.3 Å². The van der Waals surface area contributed by atoms with Gasteiger partial charge in [0, 0.05) is 41.0 Å². The molecule has 0 unspecified atom stereocenters. The third-order valence-corrected chi connectivity index (χ3v) is 7.29. The number of H-pyrrole nitrogens is 1. The van der Waals surface area contributed by atoms with Crippen LogP contribution in [0.1, 0.15) is 48.2 Å². The molecule has 0 radical (unpaired) electrons. The van der Waals surface area contributed by atoms with Gasteiger partial charge in [-0.3, -0.25) is 14.9 Å². The van der Waals surface area contributed by atoms with Crippen molar-refractivity contribution in [3.8, 4) is 11.3 Å². The molecule has 1 aliphatic carbocycles. The molecule has 5 aromatic rings. The van der Waals surface area contributed by atoms with Gasteiger partial charge in [-0.15, -0.1) is 0 Å². The molecule has 1 aliphatic rings. The Morgan fingerprint density at radius 2 is 2.08 bits per heavy atom. The van der Waals surface area contributed by atoms with Crippen molar-refractivity contribution < 1.29 is 9.90 Å². The normalized spacial score (nSPS) is 20.2. The molecular weight excluding hydrogens is 452 g/mol. The first-order valence-corrected chi connectivity index (χ1v) is 12.4. The molecule has 4 heterocycles. The second-order valence-electron chi connectivity index (χ2n) is 10.1. The highest BCUT2D eigenvalue weighted by atomic mass is 16.3. The number of nitrogens with one attached hydrogen (secondary N) is 1. The van der Waals surface area contributed by atoms with Gasteiger partial charge in [0.05, 0.1) is 24.0 Å². The number of pyridine rings is 2. The van der Waals surface area contributed by atoms with Gasteiger partial charge in [0.15, 0.2) is 11.4 Å². The van der Waals surface area contributed by atoms with Crippen molar-refractivity contribution in [2.24, 2.45) is 5.92 Å². The van der Waals surface area contributed by atoms with Gasteiger partial charge in [-0.05, 0) is 74.6 Å². The van der Waals surface area contributed by atoms with E-state index >= 15 is 0 Å². The molecule has 2 N–H and O–H groups in total. The van der Waals surface area contributed by atoms with Crippen LogP contribution in [0.5, 0.6) is 0 Å². The number of imidazole rings is 1. The van der Waals surface area contributed by atoms with Crippen LogP contribution < -0.4 is 0 Å². The third kappa shape index (κ3) is 4.28. The van der Waals surface area contributed by atoms with E-state index in [1.54, 1.807) is 18.7 Å². The van der Waals surface area contributed by atoms with Crippen molar-refractivity contribution in [2.75, 3.05) is 0 Å². The summed E-state index contributed by atoms with van der Waals surface area (Å²) in [6, 6.07) is 13.4. The quantitative estimate of drug-likeness (QED) is 0.336. The van der Waals surface area contributed by atoms with E-state index in [1.165, 1.54) is 0 Å². The van der Waals surface area contributed by atoms with Gasteiger partial charge < -0.3 is 9.67 Å². The predicted octanol–water partition coefficient (Wildman–Crippen LogP) is 4.87. The van der Waals surface area contributed by atoms with Crippen molar-refractivity contribution in [3.05, 3.63) is 72.4 Å². The van der Waals surface area contributed by atoms with Crippen molar-refractivity contribution in [2.45, 2.75) is 51.2 Å². The van der Waals surface area contributed by atoms with Gasteiger partial charge >= 0.3 is 0 Å². The molecule has 0 amide bonds. The zero-order valence-electron chi connectivity index (χ0n) is 20.2. The van der Waals surface area contributed by atoms with Gasteiger partial charge in [-0.25, -0.2) is 9.97 Å². The standard InChI is InChI=1S/C28H28N6O2/c1-18-12-21(8-11-29-18)26-22-14-20(6-7-23(22)32-33-26)25(35)13-19-4-2-9-28(36,15-19)16-34-17-31-24-5-3-10-30-27(24)34/h3,5-8,10-12,14,17,19,36H,2,4,9,13,15-16H2,1H3,(H,32,33)/t19-,28+/m0/s1. The number of carbonyl (C=O) groups excluding carboxylic acids is 1. The summed E-state index contributed by atoms with van der Waals surface area (Å²) in [4.78, 5) is 26.4. The predicted molar refractivity (Wildman–Crippen MR) is 137 cm³/mol. The summed E-state index contributed by atoms with van der Waals surface area (Å²) in [6.07, 6.45) is 8.79. The fourth-order valence-corrected chi connectivity index (χ4v) is 5.59. The highest BCUT2D eigenvalue weighted by Gasteiger charge is 2.36. The minimum Gasteiger partial charge on any atom is -0.388 e. The lowest BCUT2D eigenvalue weighted by molar-refractivity contribution is -0.0295. The van der Waals surface area contributed by atoms with Crippen LogP contribution in [0.3, 0.4) is 0 Å². The second-order valence-corrected chi connectivity index (χ2v) is 10.1. The number of hydrogen-bond donors (Lipinski definition) is 2. The van der Waals surface area contributed by atoms with Crippen LogP contribution in [0.2, 0.25) is 0 Å². The number of ketones is 1. The zero-order chi connectivity index (χ0) is 24.7. The van der Waals surface area contributed by atoms with E-state index in [1.807, 2.05) is 54.0 Å². The molecule has 4 aromatic heterocycles. The molecule has 182 valence electrons. The third-order valence-electron chi connectivity index (χ3n) is 7.29. The topological polar surface area (TPSA) is 110 Å². The Bertz CT molecular complexity index is 1570. The molecule has 8 heteroatoms. The van der Waals surface area contributed by atoms with Crippen LogP contribution in [0.4, 0.5) is 0 Å². The van der Waals surface area contributed by atoms with Gasteiger partial charge in [0.1, 0.15) is 11.2 Å². The summed E-state index contributed by atoms with van der Waals surface area (Å²) in [7, 11) is 0. The summed E-state index contributed by atoms with van der Waals surface area (Å²) >= 11 is 0. The second kappa shape index (κ2) is 8.95. The molecule has 1 aromatic carbocycles. The number of aliphatic hydroxyl groups is 1. The highest BCUT2D eigenvalue weighted by molar-refractivity contribution is 6.02. The summed E-state index contributed by atoms with van der Waals surface area (Å²) in [6.45, 7) is 2.38. The maximum Gasteiger partial charge on any atom is 0.163 e. The number of aryl methyl sites for hydroxylation is 1. The Morgan fingerprint density at radius 3 is 2.97 bits per heavy atom. The first kappa shape index (κ1) is 22.5. The lowest BCUT2D eigenvalue weighted by Gasteiger charge is -2.37. The maximum absolute atomic E-state index is 13.3. The average Bonchev–Trinajstić information content (AvgIpc) is 3.48. The number of aromatic amines is 1. The summed E-state index contributed by atoms with van der Waals surface area (Å²) in [5.74, 6) is 0.223. The number of Topliss-reactive ketones (excluding diaryl/α,β-unsaturated/α-hetero) is 1. The van der Waals surface area contributed by atoms with Crippen LogP contribution >= 0.6 is 0 Å². The molecule has 36 heavy (non-hydrogen) atoms. The zero-order valence-corrected chi connectivity index (χ0v) is 20.2. The van der Waals surface area contributed by atoms with E-state index < -0.39 is 5.60 Å². The number of benzene rings is 1. The Balaban J connectivity index is 1.20. The fraction of sp³-hybridized carbons (Fsp3) is 0.321.